The maximum Gasteiger partial charge on any atom is 0.0705 e. The maximum absolute atomic E-state index is 5.55. The van der Waals surface area contributed by atoms with Crippen LogP contribution in [0.3, 0.4) is 0 Å². The lowest BCUT2D eigenvalue weighted by molar-refractivity contribution is 0.0908. The summed E-state index contributed by atoms with van der Waals surface area (Å²) in [5, 5.41) is 0. The third-order valence-electron chi connectivity index (χ3n) is 2.47. The fourth-order valence-corrected chi connectivity index (χ4v) is 2.46. The van der Waals surface area contributed by atoms with Gasteiger partial charge in [-0.2, -0.15) is 11.8 Å². The molecule has 1 unspecified atom stereocenters. The van der Waals surface area contributed by atoms with Gasteiger partial charge in [0.1, 0.15) is 0 Å². The molecular formula is C9H20N2OS. The van der Waals surface area contributed by atoms with Gasteiger partial charge in [0.25, 0.3) is 0 Å². The van der Waals surface area contributed by atoms with Gasteiger partial charge in [0, 0.05) is 44.8 Å². The van der Waals surface area contributed by atoms with E-state index < -0.39 is 0 Å². The molecule has 1 aliphatic rings. The normalized spacial score (nSPS) is 21.7. The first-order valence-electron chi connectivity index (χ1n) is 4.89. The van der Waals surface area contributed by atoms with Crippen LogP contribution in [0.2, 0.25) is 0 Å². The van der Waals surface area contributed by atoms with Gasteiger partial charge in [0.2, 0.25) is 0 Å². The molecule has 0 amide bonds. The molecule has 78 valence electrons. The highest BCUT2D eigenvalue weighted by atomic mass is 32.2. The summed E-state index contributed by atoms with van der Waals surface area (Å²) in [5.74, 6) is 2.56. The van der Waals surface area contributed by atoms with Crippen LogP contribution in [0.5, 0.6) is 0 Å². The van der Waals surface area contributed by atoms with E-state index >= 15 is 0 Å². The molecule has 1 heterocycles. The lowest BCUT2D eigenvalue weighted by Gasteiger charge is -2.27. The molecule has 0 aromatic rings. The lowest BCUT2D eigenvalue weighted by Crippen LogP contribution is -2.36. The monoisotopic (exact) mass is 204 g/mol. The first-order valence-corrected chi connectivity index (χ1v) is 6.05. The van der Waals surface area contributed by atoms with E-state index in [1.165, 1.54) is 24.6 Å². The van der Waals surface area contributed by atoms with Gasteiger partial charge >= 0.3 is 0 Å². The molecule has 3 nitrogen and oxygen atoms in total. The molecule has 4 heteroatoms. The SMILES string of the molecule is COC(CN)CCN1CCSCC1. The van der Waals surface area contributed by atoms with Gasteiger partial charge in [-0.3, -0.25) is 0 Å². The molecule has 2 N–H and O–H groups in total. The van der Waals surface area contributed by atoms with E-state index in [2.05, 4.69) is 4.90 Å². The number of hydrogen-bond donors (Lipinski definition) is 1. The van der Waals surface area contributed by atoms with Crippen molar-refractivity contribution in [1.82, 2.24) is 4.90 Å². The van der Waals surface area contributed by atoms with Crippen LogP contribution in [0.1, 0.15) is 6.42 Å². The van der Waals surface area contributed by atoms with Crippen molar-refractivity contribution < 1.29 is 4.74 Å². The number of rotatable bonds is 5. The number of methoxy groups -OCH3 is 1. The average molecular weight is 204 g/mol. The quantitative estimate of drug-likeness (QED) is 0.703. The minimum absolute atomic E-state index is 0.245. The van der Waals surface area contributed by atoms with Crippen LogP contribution >= 0.6 is 11.8 Å². The van der Waals surface area contributed by atoms with E-state index in [9.17, 15) is 0 Å². The molecule has 0 bridgehead atoms. The smallest absolute Gasteiger partial charge is 0.0705 e. The van der Waals surface area contributed by atoms with Crippen LogP contribution in [0.15, 0.2) is 0 Å². The fourth-order valence-electron chi connectivity index (χ4n) is 1.48. The Morgan fingerprint density at radius 3 is 2.69 bits per heavy atom. The van der Waals surface area contributed by atoms with Gasteiger partial charge in [-0.1, -0.05) is 0 Å². The van der Waals surface area contributed by atoms with Crippen LogP contribution in [0.25, 0.3) is 0 Å². The van der Waals surface area contributed by atoms with Gasteiger partial charge in [0.05, 0.1) is 6.10 Å². The van der Waals surface area contributed by atoms with Crippen LogP contribution < -0.4 is 5.73 Å². The zero-order chi connectivity index (χ0) is 9.52. The van der Waals surface area contributed by atoms with Gasteiger partial charge in [-0.05, 0) is 6.42 Å². The Bertz CT molecular complexity index is 125. The van der Waals surface area contributed by atoms with Crippen molar-refractivity contribution in [3.8, 4) is 0 Å². The molecule has 13 heavy (non-hydrogen) atoms. The van der Waals surface area contributed by atoms with Crippen molar-refractivity contribution in [2.24, 2.45) is 5.73 Å². The zero-order valence-electron chi connectivity index (χ0n) is 8.37. The predicted octanol–water partition coefficient (Wildman–Crippen LogP) is 0.399. The van der Waals surface area contributed by atoms with Crippen molar-refractivity contribution in [1.29, 1.82) is 0 Å². The topological polar surface area (TPSA) is 38.5 Å². The summed E-state index contributed by atoms with van der Waals surface area (Å²) in [6.07, 6.45) is 1.31. The molecule has 0 aliphatic carbocycles. The van der Waals surface area contributed by atoms with E-state index in [0.29, 0.717) is 6.54 Å². The van der Waals surface area contributed by atoms with Crippen molar-refractivity contribution >= 4 is 11.8 Å². The Morgan fingerprint density at radius 2 is 2.15 bits per heavy atom. The van der Waals surface area contributed by atoms with E-state index in [-0.39, 0.29) is 6.10 Å². The lowest BCUT2D eigenvalue weighted by atomic mass is 10.2. The summed E-state index contributed by atoms with van der Waals surface area (Å²) >= 11 is 2.05. The van der Waals surface area contributed by atoms with E-state index in [1.54, 1.807) is 7.11 Å². The molecule has 1 rings (SSSR count). The summed E-state index contributed by atoms with van der Waals surface area (Å²) in [6, 6.07) is 0. The Kier molecular flexibility index (Phi) is 5.78. The van der Waals surface area contributed by atoms with Crippen molar-refractivity contribution in [3.05, 3.63) is 0 Å². The molecule has 0 aromatic heterocycles. The second kappa shape index (κ2) is 6.65. The third-order valence-corrected chi connectivity index (χ3v) is 3.41. The van der Waals surface area contributed by atoms with Gasteiger partial charge in [-0.15, -0.1) is 0 Å². The number of hydrogen-bond acceptors (Lipinski definition) is 4. The second-order valence-electron chi connectivity index (χ2n) is 3.34. The molecular weight excluding hydrogens is 184 g/mol. The van der Waals surface area contributed by atoms with E-state index in [1.807, 2.05) is 11.8 Å². The van der Waals surface area contributed by atoms with Crippen molar-refractivity contribution in [3.63, 3.8) is 0 Å². The van der Waals surface area contributed by atoms with Crippen LogP contribution in [-0.4, -0.2) is 55.8 Å². The molecule has 1 atom stereocenters. The molecule has 0 spiro atoms. The minimum atomic E-state index is 0.245. The van der Waals surface area contributed by atoms with Crippen molar-refractivity contribution in [2.45, 2.75) is 12.5 Å². The minimum Gasteiger partial charge on any atom is -0.380 e. The highest BCUT2D eigenvalue weighted by Gasteiger charge is 2.12. The fraction of sp³-hybridized carbons (Fsp3) is 1.00. The highest BCUT2D eigenvalue weighted by Crippen LogP contribution is 2.10. The Labute approximate surface area is 85.0 Å². The van der Waals surface area contributed by atoms with E-state index in [4.69, 9.17) is 10.5 Å². The maximum atomic E-state index is 5.55. The highest BCUT2D eigenvalue weighted by molar-refractivity contribution is 7.99. The Hall–Kier alpha value is 0.230. The Balaban J connectivity index is 2.09. The predicted molar refractivity (Wildman–Crippen MR) is 58.2 cm³/mol. The standard InChI is InChI=1S/C9H20N2OS/c1-12-9(8-10)2-3-11-4-6-13-7-5-11/h9H,2-8,10H2,1H3. The summed E-state index contributed by atoms with van der Waals surface area (Å²) < 4.78 is 5.23. The summed E-state index contributed by atoms with van der Waals surface area (Å²) in [5.41, 5.74) is 5.55. The number of ether oxygens (including phenoxy) is 1. The zero-order valence-corrected chi connectivity index (χ0v) is 9.18. The molecule has 0 radical (unpaired) electrons. The third kappa shape index (κ3) is 4.31. The summed E-state index contributed by atoms with van der Waals surface area (Å²) in [7, 11) is 1.74. The number of thioether (sulfide) groups is 1. The molecule has 0 saturated carbocycles. The van der Waals surface area contributed by atoms with Gasteiger partial charge in [-0.25, -0.2) is 0 Å². The summed E-state index contributed by atoms with van der Waals surface area (Å²) in [4.78, 5) is 2.50. The molecule has 1 aliphatic heterocycles. The number of nitrogens with two attached hydrogens (primary N) is 1. The first kappa shape index (κ1) is 11.3. The van der Waals surface area contributed by atoms with Crippen LogP contribution in [0, 0.1) is 0 Å². The van der Waals surface area contributed by atoms with E-state index in [0.717, 1.165) is 13.0 Å². The molecule has 0 aromatic carbocycles. The van der Waals surface area contributed by atoms with Crippen LogP contribution in [0.4, 0.5) is 0 Å². The largest absolute Gasteiger partial charge is 0.380 e. The number of nitrogens with zero attached hydrogens (tertiary/aromatic N) is 1. The van der Waals surface area contributed by atoms with Gasteiger partial charge < -0.3 is 15.4 Å². The molecule has 1 saturated heterocycles. The second-order valence-corrected chi connectivity index (χ2v) is 4.56. The van der Waals surface area contributed by atoms with Crippen molar-refractivity contribution in [2.75, 3.05) is 44.8 Å². The van der Waals surface area contributed by atoms with Gasteiger partial charge in [0.15, 0.2) is 0 Å². The van der Waals surface area contributed by atoms with Crippen LogP contribution in [-0.2, 0) is 4.74 Å². The molecule has 1 fully saturated rings. The Morgan fingerprint density at radius 1 is 1.46 bits per heavy atom. The first-order chi connectivity index (χ1) is 6.36. The average Bonchev–Trinajstić information content (AvgIpc) is 2.21. The summed E-state index contributed by atoms with van der Waals surface area (Å²) in [6.45, 7) is 4.23.